The summed E-state index contributed by atoms with van der Waals surface area (Å²) < 4.78 is 29.2. The molecule has 0 radical (unpaired) electrons. The Morgan fingerprint density at radius 1 is 1.10 bits per heavy atom. The van der Waals surface area contributed by atoms with Crippen LogP contribution in [0.1, 0.15) is 35.5 Å². The number of piperidine rings is 1. The van der Waals surface area contributed by atoms with E-state index in [1.807, 2.05) is 0 Å². The predicted molar refractivity (Wildman–Crippen MR) is 112 cm³/mol. The number of aryl methyl sites for hydroxylation is 2. The lowest BCUT2D eigenvalue weighted by Gasteiger charge is -2.25. The molecule has 29 heavy (non-hydrogen) atoms. The van der Waals surface area contributed by atoms with Gasteiger partial charge >= 0.3 is 6.61 Å². The summed E-state index contributed by atoms with van der Waals surface area (Å²) in [4.78, 5) is 14.2. The van der Waals surface area contributed by atoms with Gasteiger partial charge in [0.25, 0.3) is 0 Å². The van der Waals surface area contributed by atoms with Crippen LogP contribution in [0.4, 0.5) is 20.3 Å². The molecule has 0 spiro atoms. The van der Waals surface area contributed by atoms with E-state index in [2.05, 4.69) is 28.8 Å². The largest absolute Gasteiger partial charge is 0.435 e. The summed E-state index contributed by atoms with van der Waals surface area (Å²) >= 11 is 1.68. The highest BCUT2D eigenvalue weighted by molar-refractivity contribution is 7.18. The molecular formula is C21H24F2N4OS. The van der Waals surface area contributed by atoms with E-state index in [0.29, 0.717) is 0 Å². The number of fused-ring (bicyclic) bond motifs is 1. The number of nitrogens with zero attached hydrogens (tertiary/aromatic N) is 3. The first-order valence-electron chi connectivity index (χ1n) is 9.80. The molecule has 8 heteroatoms. The van der Waals surface area contributed by atoms with Crippen molar-refractivity contribution in [1.29, 1.82) is 0 Å². The average Bonchev–Trinajstić information content (AvgIpc) is 2.98. The fraction of sp³-hybridized carbons (Fsp3) is 0.429. The minimum absolute atomic E-state index is 0.131. The van der Waals surface area contributed by atoms with E-state index in [4.69, 9.17) is 9.97 Å². The second-order valence-corrected chi connectivity index (χ2v) is 8.52. The first-order chi connectivity index (χ1) is 14.0. The van der Waals surface area contributed by atoms with Crippen LogP contribution in [-0.4, -0.2) is 34.6 Å². The molecular weight excluding hydrogens is 394 g/mol. The first-order valence-corrected chi connectivity index (χ1v) is 10.6. The Labute approximate surface area is 172 Å². The Kier molecular flexibility index (Phi) is 5.91. The van der Waals surface area contributed by atoms with Crippen LogP contribution in [0.5, 0.6) is 5.75 Å². The number of hydrogen-bond donors (Lipinski definition) is 1. The molecule has 0 amide bonds. The zero-order valence-electron chi connectivity index (χ0n) is 16.5. The van der Waals surface area contributed by atoms with E-state index in [9.17, 15) is 8.78 Å². The van der Waals surface area contributed by atoms with Crippen molar-refractivity contribution < 1.29 is 13.5 Å². The molecule has 154 valence electrons. The van der Waals surface area contributed by atoms with Crippen molar-refractivity contribution in [2.75, 3.05) is 18.4 Å². The summed E-state index contributed by atoms with van der Waals surface area (Å²) in [7, 11) is 0. The standard InChI is InChI=1S/C21H24F2N4OS/c1-13-14(2)29-20-18(13)19(24-15-6-8-16(9-7-15)28-21(22)23)25-17(26-20)12-27-10-4-3-5-11-27/h6-9,21H,3-5,10-12H2,1-2H3,(H,24,25,26). The number of likely N-dealkylation sites (tertiary alicyclic amines) is 1. The maximum absolute atomic E-state index is 12.4. The van der Waals surface area contributed by atoms with Gasteiger partial charge in [0, 0.05) is 10.6 Å². The normalized spacial score (nSPS) is 15.2. The van der Waals surface area contributed by atoms with E-state index in [-0.39, 0.29) is 5.75 Å². The van der Waals surface area contributed by atoms with Crippen LogP contribution in [0.25, 0.3) is 10.2 Å². The van der Waals surface area contributed by atoms with Gasteiger partial charge in [-0.2, -0.15) is 8.78 Å². The highest BCUT2D eigenvalue weighted by atomic mass is 32.1. The number of halogens is 2. The number of hydrogen-bond acceptors (Lipinski definition) is 6. The van der Waals surface area contributed by atoms with Gasteiger partial charge in [-0.15, -0.1) is 11.3 Å². The summed E-state index contributed by atoms with van der Waals surface area (Å²) in [6, 6.07) is 6.47. The quantitative estimate of drug-likeness (QED) is 0.561. The van der Waals surface area contributed by atoms with Crippen molar-refractivity contribution in [2.45, 2.75) is 46.3 Å². The fourth-order valence-corrected chi connectivity index (χ4v) is 4.68. The molecule has 1 N–H and O–H groups in total. The average molecular weight is 419 g/mol. The summed E-state index contributed by atoms with van der Waals surface area (Å²) in [6.07, 6.45) is 3.73. The molecule has 1 aliphatic heterocycles. The van der Waals surface area contributed by atoms with Gasteiger partial charge in [0.05, 0.1) is 11.9 Å². The van der Waals surface area contributed by atoms with Crippen LogP contribution < -0.4 is 10.1 Å². The van der Waals surface area contributed by atoms with E-state index < -0.39 is 6.61 Å². The van der Waals surface area contributed by atoms with Crippen molar-refractivity contribution >= 4 is 33.1 Å². The maximum Gasteiger partial charge on any atom is 0.387 e. The molecule has 0 unspecified atom stereocenters. The highest BCUT2D eigenvalue weighted by Gasteiger charge is 2.18. The van der Waals surface area contributed by atoms with Crippen LogP contribution in [0.2, 0.25) is 0 Å². The summed E-state index contributed by atoms with van der Waals surface area (Å²) in [5.41, 5.74) is 1.92. The predicted octanol–water partition coefficient (Wildman–Crippen LogP) is 5.64. The molecule has 0 aliphatic carbocycles. The molecule has 5 nitrogen and oxygen atoms in total. The molecule has 0 atom stereocenters. The summed E-state index contributed by atoms with van der Waals surface area (Å²) in [5.74, 6) is 1.69. The van der Waals surface area contributed by atoms with Gasteiger partial charge in [-0.3, -0.25) is 4.90 Å². The topological polar surface area (TPSA) is 50.3 Å². The third kappa shape index (κ3) is 4.64. The van der Waals surface area contributed by atoms with Crippen molar-refractivity contribution in [3.8, 4) is 5.75 Å². The summed E-state index contributed by atoms with van der Waals surface area (Å²) in [5, 5.41) is 4.37. The Morgan fingerprint density at radius 3 is 2.52 bits per heavy atom. The number of alkyl halides is 2. The lowest BCUT2D eigenvalue weighted by Crippen LogP contribution is -2.29. The van der Waals surface area contributed by atoms with E-state index >= 15 is 0 Å². The molecule has 1 aliphatic rings. The van der Waals surface area contributed by atoms with Gasteiger partial charge in [-0.25, -0.2) is 9.97 Å². The van der Waals surface area contributed by atoms with Crippen LogP contribution in [0.3, 0.4) is 0 Å². The zero-order valence-corrected chi connectivity index (χ0v) is 17.4. The number of benzene rings is 1. The smallest absolute Gasteiger partial charge is 0.387 e. The van der Waals surface area contributed by atoms with E-state index in [1.54, 1.807) is 23.5 Å². The molecule has 3 heterocycles. The molecule has 4 rings (SSSR count). The first kappa shape index (κ1) is 20.0. The van der Waals surface area contributed by atoms with Gasteiger partial charge in [0.15, 0.2) is 0 Å². The Morgan fingerprint density at radius 2 is 1.83 bits per heavy atom. The highest BCUT2D eigenvalue weighted by Crippen LogP contribution is 2.35. The Bertz CT molecular complexity index is 985. The van der Waals surface area contributed by atoms with Crippen molar-refractivity contribution in [3.05, 3.63) is 40.5 Å². The number of thiophene rings is 1. The van der Waals surface area contributed by atoms with Gasteiger partial charge in [0.2, 0.25) is 0 Å². The van der Waals surface area contributed by atoms with E-state index in [1.165, 1.54) is 36.3 Å². The van der Waals surface area contributed by atoms with Gasteiger partial charge < -0.3 is 10.1 Å². The van der Waals surface area contributed by atoms with Gasteiger partial charge in [-0.05, 0) is 69.6 Å². The molecule has 1 aromatic carbocycles. The second-order valence-electron chi connectivity index (χ2n) is 7.32. The van der Waals surface area contributed by atoms with Gasteiger partial charge in [0.1, 0.15) is 22.2 Å². The number of anilines is 2. The van der Waals surface area contributed by atoms with Crippen LogP contribution in [0, 0.1) is 13.8 Å². The minimum atomic E-state index is -2.83. The maximum atomic E-state index is 12.4. The second kappa shape index (κ2) is 8.59. The molecule has 1 saturated heterocycles. The SMILES string of the molecule is Cc1sc2nc(CN3CCCCC3)nc(Nc3ccc(OC(F)F)cc3)c2c1C. The number of ether oxygens (including phenoxy) is 1. The lowest BCUT2D eigenvalue weighted by atomic mass is 10.1. The Balaban J connectivity index is 1.64. The minimum Gasteiger partial charge on any atom is -0.435 e. The van der Waals surface area contributed by atoms with Crippen molar-refractivity contribution in [3.63, 3.8) is 0 Å². The molecule has 3 aromatic rings. The molecule has 0 bridgehead atoms. The molecule has 0 saturated carbocycles. The zero-order chi connectivity index (χ0) is 20.4. The van der Waals surface area contributed by atoms with Gasteiger partial charge in [-0.1, -0.05) is 6.42 Å². The summed E-state index contributed by atoms with van der Waals surface area (Å²) in [6.45, 7) is 4.24. The number of rotatable bonds is 6. The lowest BCUT2D eigenvalue weighted by molar-refractivity contribution is -0.0498. The third-order valence-corrected chi connectivity index (χ3v) is 6.33. The van der Waals surface area contributed by atoms with Crippen molar-refractivity contribution in [2.24, 2.45) is 0 Å². The fourth-order valence-electron chi connectivity index (χ4n) is 3.63. The monoisotopic (exact) mass is 418 g/mol. The number of nitrogens with one attached hydrogen (secondary N) is 1. The Hall–Kier alpha value is -2.32. The van der Waals surface area contributed by atoms with Crippen LogP contribution in [-0.2, 0) is 6.54 Å². The van der Waals surface area contributed by atoms with E-state index in [0.717, 1.165) is 52.7 Å². The molecule has 1 fully saturated rings. The third-order valence-electron chi connectivity index (χ3n) is 5.23. The van der Waals surface area contributed by atoms with Crippen LogP contribution >= 0.6 is 11.3 Å². The van der Waals surface area contributed by atoms with Crippen LogP contribution in [0.15, 0.2) is 24.3 Å². The number of aromatic nitrogens is 2. The van der Waals surface area contributed by atoms with Crippen molar-refractivity contribution in [1.82, 2.24) is 14.9 Å². The molecule has 2 aromatic heterocycles.